The molecule has 0 bridgehead atoms. The fourth-order valence-electron chi connectivity index (χ4n) is 2.45. The molecular weight excluding hydrogens is 347 g/mol. The normalized spacial score (nSPS) is 14.7. The summed E-state index contributed by atoms with van der Waals surface area (Å²) >= 11 is 0. The summed E-state index contributed by atoms with van der Waals surface area (Å²) in [6, 6.07) is 4.22. The van der Waals surface area contributed by atoms with E-state index in [1.54, 1.807) is 26.8 Å². The number of ether oxygens (including phenoxy) is 2. The molecule has 2 rings (SSSR count). The molecule has 0 heterocycles. The predicted molar refractivity (Wildman–Crippen MR) is 92.6 cm³/mol. The maximum atomic E-state index is 12.5. The van der Waals surface area contributed by atoms with Crippen molar-refractivity contribution in [2.45, 2.75) is 52.1 Å². The van der Waals surface area contributed by atoms with Crippen molar-refractivity contribution < 1.29 is 27.4 Å². The number of carbonyl (C=O) groups is 1. The molecule has 1 fully saturated rings. The maximum Gasteiger partial charge on any atom is 0.573 e. The van der Waals surface area contributed by atoms with Crippen molar-refractivity contribution >= 4 is 12.2 Å². The second-order valence-corrected chi connectivity index (χ2v) is 7.47. The van der Waals surface area contributed by atoms with Gasteiger partial charge in [0.25, 0.3) is 0 Å². The number of benzene rings is 1. The van der Waals surface area contributed by atoms with E-state index < -0.39 is 18.1 Å². The number of nitrogens with zero attached hydrogens (tertiary/aromatic N) is 1. The topological polar surface area (TPSA) is 38.8 Å². The van der Waals surface area contributed by atoms with E-state index in [0.717, 1.165) is 12.8 Å². The fraction of sp³-hybridized carbons (Fsp3) is 0.526. The highest BCUT2D eigenvalue weighted by Crippen LogP contribution is 2.31. The summed E-state index contributed by atoms with van der Waals surface area (Å²) in [5.41, 5.74) is 0.359. The third kappa shape index (κ3) is 6.98. The Morgan fingerprint density at radius 3 is 2.42 bits per heavy atom. The van der Waals surface area contributed by atoms with E-state index in [-0.39, 0.29) is 12.3 Å². The first-order chi connectivity index (χ1) is 11.9. The zero-order valence-corrected chi connectivity index (χ0v) is 15.2. The van der Waals surface area contributed by atoms with Gasteiger partial charge in [-0.05, 0) is 68.9 Å². The Balaban J connectivity index is 2.21. The molecule has 0 N–H and O–H groups in total. The molecule has 0 atom stereocenters. The van der Waals surface area contributed by atoms with E-state index in [0.29, 0.717) is 23.6 Å². The smallest absolute Gasteiger partial charge is 0.444 e. The van der Waals surface area contributed by atoms with E-state index in [1.807, 2.05) is 0 Å². The first kappa shape index (κ1) is 20.1. The Kier molecular flexibility index (Phi) is 5.88. The Morgan fingerprint density at radius 1 is 1.27 bits per heavy atom. The molecule has 144 valence electrons. The van der Waals surface area contributed by atoms with Crippen LogP contribution in [0.4, 0.5) is 18.0 Å². The van der Waals surface area contributed by atoms with Crippen LogP contribution in [-0.4, -0.2) is 29.5 Å². The Morgan fingerprint density at radius 2 is 1.92 bits per heavy atom. The van der Waals surface area contributed by atoms with E-state index in [1.165, 1.54) is 23.1 Å². The van der Waals surface area contributed by atoms with Gasteiger partial charge in [-0.25, -0.2) is 4.79 Å². The fourth-order valence-corrected chi connectivity index (χ4v) is 2.45. The summed E-state index contributed by atoms with van der Waals surface area (Å²) in [6.07, 6.45) is -1.75. The first-order valence-corrected chi connectivity index (χ1v) is 8.45. The van der Waals surface area contributed by atoms with Crippen molar-refractivity contribution in [2.24, 2.45) is 5.92 Å². The summed E-state index contributed by atoms with van der Waals surface area (Å²) in [4.78, 5) is 14.0. The van der Waals surface area contributed by atoms with Gasteiger partial charge in [0, 0.05) is 13.1 Å². The molecule has 0 radical (unpaired) electrons. The number of hydrogen-bond donors (Lipinski definition) is 0. The number of alkyl halides is 3. The number of hydrogen-bond acceptors (Lipinski definition) is 3. The molecule has 0 spiro atoms. The van der Waals surface area contributed by atoms with Gasteiger partial charge in [0.2, 0.25) is 0 Å². The zero-order valence-electron chi connectivity index (χ0n) is 15.2. The molecule has 1 aromatic carbocycles. The molecule has 26 heavy (non-hydrogen) atoms. The largest absolute Gasteiger partial charge is 0.573 e. The molecule has 0 aliphatic heterocycles. The van der Waals surface area contributed by atoms with E-state index in [2.05, 4.69) is 11.3 Å². The number of rotatable bonds is 6. The van der Waals surface area contributed by atoms with Crippen LogP contribution in [-0.2, 0) is 11.3 Å². The van der Waals surface area contributed by atoms with E-state index in [9.17, 15) is 18.0 Å². The van der Waals surface area contributed by atoms with Crippen molar-refractivity contribution in [3.05, 3.63) is 35.9 Å². The SMILES string of the molecule is C=Cc1cc(CN(CC2CC2)C(=O)OC(C)(C)C)cc(OC(F)(F)F)c1. The average molecular weight is 371 g/mol. The van der Waals surface area contributed by atoms with Crippen LogP contribution in [0.1, 0.15) is 44.7 Å². The van der Waals surface area contributed by atoms with Crippen LogP contribution in [0.15, 0.2) is 24.8 Å². The second-order valence-electron chi connectivity index (χ2n) is 7.47. The zero-order chi connectivity index (χ0) is 19.5. The molecule has 0 aromatic heterocycles. The van der Waals surface area contributed by atoms with Crippen LogP contribution < -0.4 is 4.74 Å². The lowest BCUT2D eigenvalue weighted by atomic mass is 10.1. The lowest BCUT2D eigenvalue weighted by molar-refractivity contribution is -0.274. The minimum Gasteiger partial charge on any atom is -0.444 e. The number of halogens is 3. The summed E-state index contributed by atoms with van der Waals surface area (Å²) in [5.74, 6) is 0.0801. The van der Waals surface area contributed by atoms with Crippen LogP contribution in [0.5, 0.6) is 5.75 Å². The molecule has 1 aliphatic rings. The van der Waals surface area contributed by atoms with Crippen LogP contribution >= 0.6 is 0 Å². The average Bonchev–Trinajstić information content (AvgIpc) is 3.26. The third-order valence-electron chi connectivity index (χ3n) is 3.66. The summed E-state index contributed by atoms with van der Waals surface area (Å²) in [7, 11) is 0. The molecule has 7 heteroatoms. The first-order valence-electron chi connectivity index (χ1n) is 8.45. The lowest BCUT2D eigenvalue weighted by Gasteiger charge is -2.27. The van der Waals surface area contributed by atoms with Crippen molar-refractivity contribution in [3.8, 4) is 5.75 Å². The highest BCUT2D eigenvalue weighted by atomic mass is 19.4. The number of amides is 1. The third-order valence-corrected chi connectivity index (χ3v) is 3.66. The van der Waals surface area contributed by atoms with E-state index in [4.69, 9.17) is 4.74 Å². The summed E-state index contributed by atoms with van der Waals surface area (Å²) in [6.45, 7) is 9.56. The van der Waals surface area contributed by atoms with Crippen molar-refractivity contribution in [3.63, 3.8) is 0 Å². The Bertz CT molecular complexity index is 661. The second kappa shape index (κ2) is 7.60. The molecule has 1 amide bonds. The summed E-state index contributed by atoms with van der Waals surface area (Å²) in [5, 5.41) is 0. The maximum absolute atomic E-state index is 12.5. The van der Waals surface area contributed by atoms with Crippen LogP contribution in [0.25, 0.3) is 6.08 Å². The molecule has 4 nitrogen and oxygen atoms in total. The van der Waals surface area contributed by atoms with Gasteiger partial charge in [0.1, 0.15) is 11.4 Å². The minimum absolute atomic E-state index is 0.140. The van der Waals surface area contributed by atoms with Crippen molar-refractivity contribution in [2.75, 3.05) is 6.54 Å². The van der Waals surface area contributed by atoms with Gasteiger partial charge in [-0.3, -0.25) is 0 Å². The van der Waals surface area contributed by atoms with Crippen molar-refractivity contribution in [1.29, 1.82) is 0 Å². The lowest BCUT2D eigenvalue weighted by Crippen LogP contribution is -2.37. The van der Waals surface area contributed by atoms with Crippen LogP contribution in [0.3, 0.4) is 0 Å². The van der Waals surface area contributed by atoms with Gasteiger partial charge in [0.05, 0.1) is 0 Å². The van der Waals surface area contributed by atoms with Gasteiger partial charge in [-0.15, -0.1) is 13.2 Å². The Labute approximate surface area is 151 Å². The highest BCUT2D eigenvalue weighted by Gasteiger charge is 2.32. The van der Waals surface area contributed by atoms with Gasteiger partial charge >= 0.3 is 12.5 Å². The molecule has 1 aliphatic carbocycles. The van der Waals surface area contributed by atoms with Gasteiger partial charge < -0.3 is 14.4 Å². The molecule has 0 unspecified atom stereocenters. The van der Waals surface area contributed by atoms with Crippen LogP contribution in [0.2, 0.25) is 0 Å². The molecule has 1 saturated carbocycles. The van der Waals surface area contributed by atoms with Gasteiger partial charge in [-0.2, -0.15) is 0 Å². The highest BCUT2D eigenvalue weighted by molar-refractivity contribution is 5.68. The minimum atomic E-state index is -4.78. The molecular formula is C19H24F3NO3. The van der Waals surface area contributed by atoms with Gasteiger partial charge in [0.15, 0.2) is 0 Å². The van der Waals surface area contributed by atoms with Crippen LogP contribution in [0, 0.1) is 5.92 Å². The predicted octanol–water partition coefficient (Wildman–Crippen LogP) is 5.38. The Hall–Kier alpha value is -2.18. The molecule has 0 saturated heterocycles. The van der Waals surface area contributed by atoms with Crippen molar-refractivity contribution in [1.82, 2.24) is 4.90 Å². The van der Waals surface area contributed by atoms with E-state index >= 15 is 0 Å². The monoisotopic (exact) mass is 371 g/mol. The standard InChI is InChI=1S/C19H24F3NO3/c1-5-13-8-15(10-16(9-13)25-19(20,21)22)12-23(11-14-6-7-14)17(24)26-18(2,3)4/h5,8-10,14H,1,6-7,11-12H2,2-4H3. The summed E-state index contributed by atoms with van der Waals surface area (Å²) < 4.78 is 47.0. The van der Waals surface area contributed by atoms with Gasteiger partial charge in [-0.1, -0.05) is 12.7 Å². The molecule has 1 aromatic rings. The number of carbonyl (C=O) groups excluding carboxylic acids is 1. The quantitative estimate of drug-likeness (QED) is 0.674.